The van der Waals surface area contributed by atoms with Crippen LogP contribution >= 0.6 is 11.3 Å². The van der Waals surface area contributed by atoms with Gasteiger partial charge in [-0.25, -0.2) is 0 Å². The Morgan fingerprint density at radius 2 is 1.65 bits per heavy atom. The van der Waals surface area contributed by atoms with E-state index in [-0.39, 0.29) is 6.04 Å². The van der Waals surface area contributed by atoms with Gasteiger partial charge >= 0.3 is 0 Å². The minimum Gasteiger partial charge on any atom is -0.320 e. The first-order chi connectivity index (χ1) is 9.63. The number of benzene rings is 1. The van der Waals surface area contributed by atoms with Crippen molar-refractivity contribution >= 4 is 11.3 Å². The molecule has 0 bridgehead atoms. The van der Waals surface area contributed by atoms with Crippen LogP contribution in [-0.4, -0.2) is 0 Å². The van der Waals surface area contributed by atoms with Crippen molar-refractivity contribution < 1.29 is 0 Å². The van der Waals surface area contributed by atoms with Crippen LogP contribution in [0.3, 0.4) is 0 Å². The summed E-state index contributed by atoms with van der Waals surface area (Å²) in [6.45, 7) is 4.29. The van der Waals surface area contributed by atoms with E-state index in [2.05, 4.69) is 38.1 Å². The number of hydrogen-bond acceptors (Lipinski definition) is 2. The Morgan fingerprint density at radius 1 is 0.950 bits per heavy atom. The summed E-state index contributed by atoms with van der Waals surface area (Å²) in [5.74, 6) is 0. The summed E-state index contributed by atoms with van der Waals surface area (Å²) in [6, 6.07) is 9.06. The number of hydrogen-bond donors (Lipinski definition) is 1. The molecule has 0 spiro atoms. The zero-order chi connectivity index (χ0) is 14.1. The van der Waals surface area contributed by atoms with Crippen LogP contribution in [0.4, 0.5) is 0 Å². The van der Waals surface area contributed by atoms with Gasteiger partial charge in [0.05, 0.1) is 6.04 Å². The molecular weight excluding hydrogens is 262 g/mol. The highest BCUT2D eigenvalue weighted by Gasteiger charge is 2.17. The van der Waals surface area contributed by atoms with E-state index in [1.165, 1.54) is 53.7 Å². The lowest BCUT2D eigenvalue weighted by Gasteiger charge is -2.12. The van der Waals surface area contributed by atoms with Gasteiger partial charge < -0.3 is 5.73 Å². The van der Waals surface area contributed by atoms with Gasteiger partial charge in [-0.1, -0.05) is 35.7 Å². The summed E-state index contributed by atoms with van der Waals surface area (Å²) < 4.78 is 0. The second-order valence-corrected chi connectivity index (χ2v) is 7.22. The molecule has 0 aliphatic heterocycles. The largest absolute Gasteiger partial charge is 0.320 e. The van der Waals surface area contributed by atoms with Crippen molar-refractivity contribution in [1.29, 1.82) is 0 Å². The summed E-state index contributed by atoms with van der Waals surface area (Å²) in [6.07, 6.45) is 6.54. The smallest absolute Gasteiger partial charge is 0.0646 e. The normalized spacial score (nSPS) is 16.6. The summed E-state index contributed by atoms with van der Waals surface area (Å²) in [4.78, 5) is 2.92. The summed E-state index contributed by atoms with van der Waals surface area (Å²) in [7, 11) is 0. The Kier molecular flexibility index (Phi) is 3.95. The van der Waals surface area contributed by atoms with E-state index in [1.54, 1.807) is 10.4 Å². The Balaban J connectivity index is 1.92. The molecule has 0 fully saturated rings. The van der Waals surface area contributed by atoms with Gasteiger partial charge in [0.2, 0.25) is 0 Å². The van der Waals surface area contributed by atoms with Gasteiger partial charge in [0.1, 0.15) is 0 Å². The topological polar surface area (TPSA) is 26.0 Å². The number of thiophene rings is 1. The van der Waals surface area contributed by atoms with E-state index in [9.17, 15) is 0 Å². The Hall–Kier alpha value is -1.12. The van der Waals surface area contributed by atoms with Crippen LogP contribution in [-0.2, 0) is 12.8 Å². The molecule has 106 valence electrons. The maximum absolute atomic E-state index is 6.52. The van der Waals surface area contributed by atoms with Crippen LogP contribution < -0.4 is 5.73 Å². The lowest BCUT2D eigenvalue weighted by atomic mass is 10.00. The molecule has 1 heterocycles. The van der Waals surface area contributed by atoms with Crippen molar-refractivity contribution in [1.82, 2.24) is 0 Å². The van der Waals surface area contributed by atoms with Crippen molar-refractivity contribution in [3.63, 3.8) is 0 Å². The first-order valence-corrected chi connectivity index (χ1v) is 8.40. The monoisotopic (exact) mass is 285 g/mol. The van der Waals surface area contributed by atoms with E-state index in [1.807, 2.05) is 11.3 Å². The van der Waals surface area contributed by atoms with Gasteiger partial charge in [-0.3, -0.25) is 0 Å². The molecule has 3 rings (SSSR count). The summed E-state index contributed by atoms with van der Waals surface area (Å²) >= 11 is 1.94. The van der Waals surface area contributed by atoms with Crippen molar-refractivity contribution in [2.75, 3.05) is 0 Å². The predicted octanol–water partition coefficient (Wildman–Crippen LogP) is 4.68. The first kappa shape index (κ1) is 13.8. The van der Waals surface area contributed by atoms with Crippen molar-refractivity contribution in [3.8, 4) is 0 Å². The first-order valence-electron chi connectivity index (χ1n) is 7.59. The van der Waals surface area contributed by atoms with Crippen LogP contribution in [0.1, 0.15) is 57.3 Å². The molecule has 1 aromatic heterocycles. The molecule has 2 N–H and O–H groups in total. The zero-order valence-electron chi connectivity index (χ0n) is 12.4. The lowest BCUT2D eigenvalue weighted by Crippen LogP contribution is -2.10. The summed E-state index contributed by atoms with van der Waals surface area (Å²) in [5.41, 5.74) is 11.9. The molecule has 1 atom stereocenters. The van der Waals surface area contributed by atoms with Crippen LogP contribution in [0.25, 0.3) is 0 Å². The molecule has 1 aromatic carbocycles. The van der Waals surface area contributed by atoms with Gasteiger partial charge in [0, 0.05) is 9.75 Å². The maximum atomic E-state index is 6.52. The fourth-order valence-corrected chi connectivity index (χ4v) is 4.48. The van der Waals surface area contributed by atoms with E-state index in [4.69, 9.17) is 5.73 Å². The molecule has 2 heteroatoms. The molecule has 1 unspecified atom stereocenters. The van der Waals surface area contributed by atoms with E-state index < -0.39 is 0 Å². The number of nitrogens with two attached hydrogens (primary N) is 1. The van der Waals surface area contributed by atoms with Crippen molar-refractivity contribution in [2.24, 2.45) is 5.73 Å². The molecule has 1 aliphatic carbocycles. The van der Waals surface area contributed by atoms with Gasteiger partial charge in [0.15, 0.2) is 0 Å². The van der Waals surface area contributed by atoms with Gasteiger partial charge in [-0.05, 0) is 56.7 Å². The third-order valence-corrected chi connectivity index (χ3v) is 5.50. The van der Waals surface area contributed by atoms with Crippen LogP contribution in [0, 0.1) is 13.8 Å². The maximum Gasteiger partial charge on any atom is 0.0646 e. The second kappa shape index (κ2) is 5.71. The highest BCUT2D eigenvalue weighted by molar-refractivity contribution is 7.12. The predicted molar refractivity (Wildman–Crippen MR) is 87.5 cm³/mol. The fraction of sp³-hybridized carbons (Fsp3) is 0.444. The molecule has 0 amide bonds. The second-order valence-electron chi connectivity index (χ2n) is 6.06. The summed E-state index contributed by atoms with van der Waals surface area (Å²) in [5, 5.41) is 0. The van der Waals surface area contributed by atoms with E-state index in [0.29, 0.717) is 0 Å². The number of fused-ring (bicyclic) bond motifs is 1. The minimum absolute atomic E-state index is 0.0329. The van der Waals surface area contributed by atoms with Crippen LogP contribution in [0.15, 0.2) is 24.3 Å². The van der Waals surface area contributed by atoms with Crippen molar-refractivity contribution in [2.45, 2.75) is 52.0 Å². The van der Waals surface area contributed by atoms with Crippen LogP contribution in [0.2, 0.25) is 0 Å². The highest BCUT2D eigenvalue weighted by atomic mass is 32.1. The molecule has 1 aliphatic rings. The molecular formula is C18H23NS. The molecule has 0 radical (unpaired) electrons. The average molecular weight is 285 g/mol. The molecule has 1 nitrogen and oxygen atoms in total. The Labute approximate surface area is 125 Å². The minimum atomic E-state index is 0.0329. The standard InChI is InChI=1S/C18H23NS/c1-12-8-13(2)10-15(9-12)18(19)17-11-14-6-4-3-5-7-16(14)20-17/h8-11,18H,3-7,19H2,1-2H3. The van der Waals surface area contributed by atoms with E-state index in [0.717, 1.165) is 0 Å². The quantitative estimate of drug-likeness (QED) is 0.796. The number of rotatable bonds is 2. The Bertz CT molecular complexity index is 568. The zero-order valence-corrected chi connectivity index (χ0v) is 13.2. The Morgan fingerprint density at radius 3 is 2.40 bits per heavy atom. The molecule has 0 saturated carbocycles. The SMILES string of the molecule is Cc1cc(C)cc(C(N)c2cc3c(s2)CCCCC3)c1. The van der Waals surface area contributed by atoms with Crippen molar-refractivity contribution in [3.05, 3.63) is 56.3 Å². The average Bonchev–Trinajstić information content (AvgIpc) is 2.68. The lowest BCUT2D eigenvalue weighted by molar-refractivity contribution is 0.712. The molecule has 0 saturated heterocycles. The number of aryl methyl sites for hydroxylation is 4. The van der Waals surface area contributed by atoms with E-state index >= 15 is 0 Å². The van der Waals surface area contributed by atoms with Gasteiger partial charge in [-0.15, -0.1) is 11.3 Å². The molecule has 2 aromatic rings. The third kappa shape index (κ3) is 2.82. The van der Waals surface area contributed by atoms with Gasteiger partial charge in [0.25, 0.3) is 0 Å². The van der Waals surface area contributed by atoms with Gasteiger partial charge in [-0.2, -0.15) is 0 Å². The third-order valence-electron chi connectivity index (χ3n) is 4.18. The fourth-order valence-electron chi connectivity index (χ4n) is 3.20. The highest BCUT2D eigenvalue weighted by Crippen LogP contribution is 2.34. The van der Waals surface area contributed by atoms with Crippen LogP contribution in [0.5, 0.6) is 0 Å². The molecule has 20 heavy (non-hydrogen) atoms.